The molecule has 2 N–H and O–H groups in total. The Bertz CT molecular complexity index is 827. The molecule has 2 aromatic rings. The Balaban J connectivity index is 1.50. The van der Waals surface area contributed by atoms with Crippen molar-refractivity contribution >= 4 is 17.6 Å². The zero-order chi connectivity index (χ0) is 20.0. The number of ether oxygens (including phenoxy) is 2. The molecule has 1 aliphatic carbocycles. The molecule has 0 radical (unpaired) electrons. The van der Waals surface area contributed by atoms with Gasteiger partial charge in [0.1, 0.15) is 5.75 Å². The zero-order valence-electron chi connectivity index (χ0n) is 15.9. The molecule has 6 heteroatoms. The first-order valence-electron chi connectivity index (χ1n) is 9.34. The average Bonchev–Trinajstić information content (AvgIpc) is 2.65. The number of carbonyl (C=O) groups is 2. The number of carboxylic acids is 1. The minimum atomic E-state index is -0.886. The van der Waals surface area contributed by atoms with Gasteiger partial charge in [0.05, 0.1) is 25.7 Å². The summed E-state index contributed by atoms with van der Waals surface area (Å²) in [6, 6.07) is 15.1. The number of benzene rings is 2. The maximum atomic E-state index is 12.3. The third-order valence-corrected chi connectivity index (χ3v) is 5.17. The van der Waals surface area contributed by atoms with Crippen molar-refractivity contribution in [2.45, 2.75) is 38.9 Å². The Hall–Kier alpha value is -2.86. The van der Waals surface area contributed by atoms with Gasteiger partial charge in [0.15, 0.2) is 0 Å². The predicted octanol–water partition coefficient (Wildman–Crippen LogP) is 4.00. The number of methoxy groups -OCH3 is 1. The molecule has 0 atom stereocenters. The van der Waals surface area contributed by atoms with E-state index in [1.165, 1.54) is 0 Å². The molecule has 0 saturated heterocycles. The number of hydrogen-bond acceptors (Lipinski definition) is 4. The van der Waals surface area contributed by atoms with E-state index in [0.717, 1.165) is 23.3 Å². The monoisotopic (exact) mass is 383 g/mol. The molecule has 1 saturated carbocycles. The summed E-state index contributed by atoms with van der Waals surface area (Å²) in [5.74, 6) is -0.341. The van der Waals surface area contributed by atoms with Gasteiger partial charge in [-0.3, -0.25) is 9.59 Å². The molecule has 0 bridgehead atoms. The zero-order valence-corrected chi connectivity index (χ0v) is 15.9. The van der Waals surface area contributed by atoms with Crippen molar-refractivity contribution in [3.05, 3.63) is 59.7 Å². The summed E-state index contributed by atoms with van der Waals surface area (Å²) in [6.07, 6.45) is 2.01. The van der Waals surface area contributed by atoms with Gasteiger partial charge in [0.25, 0.3) is 0 Å². The second-order valence-electron chi connectivity index (χ2n) is 7.21. The van der Waals surface area contributed by atoms with E-state index in [1.54, 1.807) is 13.2 Å². The van der Waals surface area contributed by atoms with Crippen LogP contribution in [-0.2, 0) is 27.5 Å². The van der Waals surface area contributed by atoms with Crippen LogP contribution in [0.15, 0.2) is 48.5 Å². The maximum absolute atomic E-state index is 12.3. The number of carboxylic acid groups (broad SMARTS) is 1. The quantitative estimate of drug-likeness (QED) is 0.684. The lowest BCUT2D eigenvalue weighted by molar-refractivity contribution is -0.157. The number of nitrogens with one attached hydrogen (secondary N) is 1. The highest BCUT2D eigenvalue weighted by Crippen LogP contribution is 2.44. The van der Waals surface area contributed by atoms with E-state index in [-0.39, 0.29) is 12.3 Å². The fourth-order valence-electron chi connectivity index (χ4n) is 3.33. The van der Waals surface area contributed by atoms with Crippen molar-refractivity contribution in [3.8, 4) is 5.75 Å². The lowest BCUT2D eigenvalue weighted by atomic mass is 9.66. The van der Waals surface area contributed by atoms with E-state index < -0.39 is 11.4 Å². The fourth-order valence-corrected chi connectivity index (χ4v) is 3.33. The molecule has 0 heterocycles. The number of carbonyl (C=O) groups excluding carboxylic acids is 1. The normalized spacial score (nSPS) is 14.8. The second kappa shape index (κ2) is 8.89. The van der Waals surface area contributed by atoms with Gasteiger partial charge in [-0.15, -0.1) is 0 Å². The third-order valence-electron chi connectivity index (χ3n) is 5.17. The summed E-state index contributed by atoms with van der Waals surface area (Å²) in [5, 5.41) is 12.2. The summed E-state index contributed by atoms with van der Waals surface area (Å²) in [4.78, 5) is 23.7. The number of aliphatic carboxylic acids is 1. The van der Waals surface area contributed by atoms with Crippen LogP contribution >= 0.6 is 0 Å². The number of amides is 1. The van der Waals surface area contributed by atoms with Crippen molar-refractivity contribution < 1.29 is 24.2 Å². The first-order valence-corrected chi connectivity index (χ1v) is 9.34. The molecule has 0 unspecified atom stereocenters. The van der Waals surface area contributed by atoms with Gasteiger partial charge in [-0.2, -0.15) is 0 Å². The summed E-state index contributed by atoms with van der Waals surface area (Å²) in [6.45, 7) is 0.885. The molecule has 0 aliphatic heterocycles. The third kappa shape index (κ3) is 4.89. The molecule has 1 amide bonds. The topological polar surface area (TPSA) is 84.9 Å². The van der Waals surface area contributed by atoms with Crippen LogP contribution in [-0.4, -0.2) is 24.1 Å². The molecule has 6 nitrogen and oxygen atoms in total. The van der Waals surface area contributed by atoms with Crippen LogP contribution in [0.3, 0.4) is 0 Å². The van der Waals surface area contributed by atoms with Crippen LogP contribution in [0.1, 0.15) is 36.8 Å². The maximum Gasteiger partial charge on any atom is 0.310 e. The number of anilines is 1. The van der Waals surface area contributed by atoms with Crippen molar-refractivity contribution in [2.75, 3.05) is 12.4 Å². The Labute approximate surface area is 164 Å². The Kier molecular flexibility index (Phi) is 6.31. The lowest BCUT2D eigenvalue weighted by Crippen LogP contribution is -2.41. The van der Waals surface area contributed by atoms with Crippen molar-refractivity contribution in [1.29, 1.82) is 0 Å². The summed E-state index contributed by atoms with van der Waals surface area (Å²) in [5.41, 5.74) is 1.74. The van der Waals surface area contributed by atoms with E-state index in [2.05, 4.69) is 5.32 Å². The Morgan fingerprint density at radius 2 is 1.79 bits per heavy atom. The highest BCUT2D eigenvalue weighted by atomic mass is 16.5. The van der Waals surface area contributed by atoms with Gasteiger partial charge < -0.3 is 19.9 Å². The number of rotatable bonds is 9. The molecule has 0 spiro atoms. The van der Waals surface area contributed by atoms with Crippen molar-refractivity contribution in [2.24, 2.45) is 5.41 Å². The van der Waals surface area contributed by atoms with Crippen LogP contribution in [0.5, 0.6) is 5.75 Å². The smallest absolute Gasteiger partial charge is 0.310 e. The fraction of sp³-hybridized carbons (Fsp3) is 0.364. The van der Waals surface area contributed by atoms with Gasteiger partial charge in [0, 0.05) is 12.1 Å². The summed E-state index contributed by atoms with van der Waals surface area (Å²) < 4.78 is 10.9. The molecule has 148 valence electrons. The van der Waals surface area contributed by atoms with E-state index in [0.29, 0.717) is 31.7 Å². The largest absolute Gasteiger partial charge is 0.497 e. The molecular formula is C22H25NO5. The average molecular weight is 383 g/mol. The van der Waals surface area contributed by atoms with Gasteiger partial charge in [-0.1, -0.05) is 30.7 Å². The highest BCUT2D eigenvalue weighted by Gasteiger charge is 2.45. The van der Waals surface area contributed by atoms with Crippen LogP contribution in [0.4, 0.5) is 5.69 Å². The van der Waals surface area contributed by atoms with Crippen LogP contribution in [0.25, 0.3) is 0 Å². The Morgan fingerprint density at radius 1 is 1.07 bits per heavy atom. The van der Waals surface area contributed by atoms with Gasteiger partial charge >= 0.3 is 5.97 Å². The first-order chi connectivity index (χ1) is 13.5. The van der Waals surface area contributed by atoms with E-state index >= 15 is 0 Å². The molecular weight excluding hydrogens is 358 g/mol. The minimum absolute atomic E-state index is 0.0144. The molecule has 0 aromatic heterocycles. The van der Waals surface area contributed by atoms with Crippen LogP contribution < -0.4 is 10.1 Å². The predicted molar refractivity (Wildman–Crippen MR) is 105 cm³/mol. The minimum Gasteiger partial charge on any atom is -0.497 e. The van der Waals surface area contributed by atoms with Crippen molar-refractivity contribution in [3.63, 3.8) is 0 Å². The van der Waals surface area contributed by atoms with Crippen LogP contribution in [0.2, 0.25) is 0 Å². The van der Waals surface area contributed by atoms with E-state index in [1.807, 2.05) is 42.5 Å². The standard InChI is InChI=1S/C22H25NO5/c1-27-19-8-6-16(7-9-19)14-28-15-17-4-2-5-18(12-17)23-20(24)13-22(21(25)26)10-3-11-22/h2,4-9,12H,3,10-11,13-15H2,1H3,(H,23,24)(H,25,26). The van der Waals surface area contributed by atoms with Crippen LogP contribution in [0, 0.1) is 5.41 Å². The summed E-state index contributed by atoms with van der Waals surface area (Å²) in [7, 11) is 1.63. The summed E-state index contributed by atoms with van der Waals surface area (Å²) >= 11 is 0. The van der Waals surface area contributed by atoms with Gasteiger partial charge in [-0.25, -0.2) is 0 Å². The first kappa shape index (κ1) is 19.9. The number of hydrogen-bond donors (Lipinski definition) is 2. The molecule has 3 rings (SSSR count). The van der Waals surface area contributed by atoms with E-state index in [9.17, 15) is 14.7 Å². The van der Waals surface area contributed by atoms with Crippen molar-refractivity contribution in [1.82, 2.24) is 0 Å². The Morgan fingerprint density at radius 3 is 2.39 bits per heavy atom. The lowest BCUT2D eigenvalue weighted by Gasteiger charge is -2.36. The van der Waals surface area contributed by atoms with Gasteiger partial charge in [0.2, 0.25) is 5.91 Å². The molecule has 28 heavy (non-hydrogen) atoms. The van der Waals surface area contributed by atoms with Gasteiger partial charge in [-0.05, 0) is 48.2 Å². The second-order valence-corrected chi connectivity index (χ2v) is 7.21. The molecule has 1 fully saturated rings. The molecule has 2 aromatic carbocycles. The van der Waals surface area contributed by atoms with E-state index in [4.69, 9.17) is 9.47 Å². The SMILES string of the molecule is COc1ccc(COCc2cccc(NC(=O)CC3(C(=O)O)CCC3)c2)cc1. The highest BCUT2D eigenvalue weighted by molar-refractivity contribution is 5.94. The molecule has 1 aliphatic rings.